The Bertz CT molecular complexity index is 694. The highest BCUT2D eigenvalue weighted by atomic mass is 16.5. The molecule has 5 heteroatoms. The average molecular weight is 329 g/mol. The van der Waals surface area contributed by atoms with E-state index in [-0.39, 0.29) is 6.10 Å². The fourth-order valence-electron chi connectivity index (χ4n) is 3.13. The molecule has 0 radical (unpaired) electrons. The van der Waals surface area contributed by atoms with Crippen LogP contribution in [0.2, 0.25) is 0 Å². The molecule has 1 aliphatic heterocycles. The van der Waals surface area contributed by atoms with Gasteiger partial charge < -0.3 is 9.47 Å². The van der Waals surface area contributed by atoms with Crippen molar-refractivity contribution in [3.05, 3.63) is 29.5 Å². The van der Waals surface area contributed by atoms with Crippen LogP contribution in [-0.4, -0.2) is 40.9 Å². The van der Waals surface area contributed by atoms with E-state index in [2.05, 4.69) is 28.1 Å². The van der Waals surface area contributed by atoms with Crippen LogP contribution in [0.1, 0.15) is 39.0 Å². The molecule has 0 fully saturated rings. The van der Waals surface area contributed by atoms with E-state index in [0.29, 0.717) is 6.61 Å². The number of hydrogen-bond donors (Lipinski definition) is 1. The van der Waals surface area contributed by atoms with E-state index in [1.54, 1.807) is 0 Å². The number of ether oxygens (including phenoxy) is 2. The number of nitrogens with one attached hydrogen (secondary N) is 1. The molecule has 0 saturated carbocycles. The summed E-state index contributed by atoms with van der Waals surface area (Å²) >= 11 is 0. The van der Waals surface area contributed by atoms with Crippen LogP contribution < -0.4 is 9.47 Å². The number of H-pyrrole nitrogens is 1. The maximum atomic E-state index is 5.86. The monoisotopic (exact) mass is 329 g/mol. The minimum atomic E-state index is 0.117. The zero-order valence-corrected chi connectivity index (χ0v) is 15.1. The summed E-state index contributed by atoms with van der Waals surface area (Å²) in [5.41, 5.74) is 4.67. The van der Waals surface area contributed by atoms with Gasteiger partial charge >= 0.3 is 0 Å². The zero-order valence-electron chi connectivity index (χ0n) is 15.1. The van der Waals surface area contributed by atoms with Crippen LogP contribution in [0.5, 0.6) is 11.5 Å². The molecule has 0 aliphatic carbocycles. The lowest BCUT2D eigenvalue weighted by atomic mass is 10.0. The number of nitrogens with zero attached hydrogens (tertiary/aromatic N) is 2. The number of hydrogen-bond acceptors (Lipinski definition) is 4. The van der Waals surface area contributed by atoms with Gasteiger partial charge in [0.05, 0.1) is 18.4 Å². The van der Waals surface area contributed by atoms with Crippen LogP contribution in [0.15, 0.2) is 18.2 Å². The first-order valence-electron chi connectivity index (χ1n) is 8.84. The molecule has 2 heterocycles. The highest BCUT2D eigenvalue weighted by Crippen LogP contribution is 2.35. The lowest BCUT2D eigenvalue weighted by Crippen LogP contribution is -2.30. The molecule has 1 aliphatic rings. The van der Waals surface area contributed by atoms with Gasteiger partial charge in [-0.25, -0.2) is 0 Å². The van der Waals surface area contributed by atoms with Crippen molar-refractivity contribution < 1.29 is 9.47 Å². The smallest absolute Gasteiger partial charge is 0.161 e. The second-order valence-corrected chi connectivity index (χ2v) is 6.41. The lowest BCUT2D eigenvalue weighted by molar-refractivity contribution is 0.224. The van der Waals surface area contributed by atoms with Gasteiger partial charge in [-0.1, -0.05) is 6.92 Å². The summed E-state index contributed by atoms with van der Waals surface area (Å²) in [7, 11) is 0. The molecule has 2 aromatic rings. The molecule has 0 bridgehead atoms. The van der Waals surface area contributed by atoms with Crippen molar-refractivity contribution in [2.24, 2.45) is 0 Å². The van der Waals surface area contributed by atoms with E-state index in [0.717, 1.165) is 48.8 Å². The van der Waals surface area contributed by atoms with E-state index in [4.69, 9.17) is 9.47 Å². The second-order valence-electron chi connectivity index (χ2n) is 6.41. The normalized spacial score (nSPS) is 14.7. The molecule has 0 amide bonds. The summed E-state index contributed by atoms with van der Waals surface area (Å²) in [5, 5.41) is 7.80. The van der Waals surface area contributed by atoms with Crippen LogP contribution in [0.4, 0.5) is 0 Å². The molecule has 0 atom stereocenters. The lowest BCUT2D eigenvalue weighted by Gasteiger charge is -2.25. The third-order valence-electron chi connectivity index (χ3n) is 4.34. The number of likely N-dealkylation sites (N-methyl/N-ethyl adjacent to an activating group) is 1. The van der Waals surface area contributed by atoms with Crippen molar-refractivity contribution in [3.63, 3.8) is 0 Å². The predicted octanol–water partition coefficient (Wildman–Crippen LogP) is 3.64. The zero-order chi connectivity index (χ0) is 17.1. The SMILES string of the molecule is CCOc1cc(-c2n[nH]c3c2CN(CC)CC3)ccc1OC(C)C. The number of aromatic amines is 1. The van der Waals surface area contributed by atoms with Gasteiger partial charge in [0, 0.05) is 36.3 Å². The Kier molecular flexibility index (Phi) is 5.09. The Labute approximate surface area is 144 Å². The quantitative estimate of drug-likeness (QED) is 0.879. The van der Waals surface area contributed by atoms with Crippen molar-refractivity contribution in [1.82, 2.24) is 15.1 Å². The molecule has 3 rings (SSSR count). The van der Waals surface area contributed by atoms with Crippen molar-refractivity contribution in [2.75, 3.05) is 19.7 Å². The molecule has 0 unspecified atom stereocenters. The standard InChI is InChI=1S/C19H27N3O2/c1-5-22-10-9-16-15(12-22)19(21-20-16)14-7-8-17(24-13(3)4)18(11-14)23-6-2/h7-8,11,13H,5-6,9-10,12H2,1-4H3,(H,20,21). The predicted molar refractivity (Wildman–Crippen MR) is 95.6 cm³/mol. The number of benzene rings is 1. The minimum absolute atomic E-state index is 0.117. The summed E-state index contributed by atoms with van der Waals surface area (Å²) in [6.45, 7) is 12.0. The average Bonchev–Trinajstić information content (AvgIpc) is 2.99. The molecule has 0 saturated heterocycles. The van der Waals surface area contributed by atoms with Gasteiger partial charge in [-0.15, -0.1) is 0 Å². The third kappa shape index (κ3) is 3.41. The highest BCUT2D eigenvalue weighted by Gasteiger charge is 2.22. The van der Waals surface area contributed by atoms with E-state index >= 15 is 0 Å². The summed E-state index contributed by atoms with van der Waals surface area (Å²) < 4.78 is 11.6. The van der Waals surface area contributed by atoms with Crippen molar-refractivity contribution in [2.45, 2.75) is 46.8 Å². The summed E-state index contributed by atoms with van der Waals surface area (Å²) in [6.07, 6.45) is 1.15. The van der Waals surface area contributed by atoms with Gasteiger partial charge in [0.25, 0.3) is 0 Å². The first-order chi connectivity index (χ1) is 11.6. The molecule has 24 heavy (non-hydrogen) atoms. The molecule has 1 aromatic carbocycles. The molecule has 0 spiro atoms. The minimum Gasteiger partial charge on any atom is -0.490 e. The Hall–Kier alpha value is -2.01. The van der Waals surface area contributed by atoms with Crippen LogP contribution in [-0.2, 0) is 13.0 Å². The highest BCUT2D eigenvalue weighted by molar-refractivity contribution is 5.68. The van der Waals surface area contributed by atoms with Crippen molar-refractivity contribution in [1.29, 1.82) is 0 Å². The second kappa shape index (κ2) is 7.26. The first-order valence-corrected chi connectivity index (χ1v) is 8.84. The molecular weight excluding hydrogens is 302 g/mol. The summed E-state index contributed by atoms with van der Waals surface area (Å²) in [6, 6.07) is 6.10. The largest absolute Gasteiger partial charge is 0.490 e. The van der Waals surface area contributed by atoms with Crippen LogP contribution >= 0.6 is 0 Å². The first kappa shape index (κ1) is 16.8. The third-order valence-corrected chi connectivity index (χ3v) is 4.34. The Balaban J connectivity index is 1.95. The molecule has 5 nitrogen and oxygen atoms in total. The topological polar surface area (TPSA) is 50.4 Å². The van der Waals surface area contributed by atoms with Gasteiger partial charge in [-0.2, -0.15) is 5.10 Å². The maximum Gasteiger partial charge on any atom is 0.161 e. The Morgan fingerprint density at radius 3 is 2.79 bits per heavy atom. The van der Waals surface area contributed by atoms with Gasteiger partial charge in [0.2, 0.25) is 0 Å². The molecule has 130 valence electrons. The number of aromatic nitrogens is 2. The molecule has 1 N–H and O–H groups in total. The van der Waals surface area contributed by atoms with E-state index < -0.39 is 0 Å². The van der Waals surface area contributed by atoms with E-state index in [9.17, 15) is 0 Å². The van der Waals surface area contributed by atoms with Gasteiger partial charge in [0.15, 0.2) is 11.5 Å². The maximum absolute atomic E-state index is 5.86. The van der Waals surface area contributed by atoms with Crippen LogP contribution in [0, 0.1) is 0 Å². The Morgan fingerprint density at radius 1 is 1.25 bits per heavy atom. The van der Waals surface area contributed by atoms with Crippen LogP contribution in [0.25, 0.3) is 11.3 Å². The van der Waals surface area contributed by atoms with Crippen LogP contribution in [0.3, 0.4) is 0 Å². The van der Waals surface area contributed by atoms with Gasteiger partial charge in [-0.05, 0) is 45.5 Å². The van der Waals surface area contributed by atoms with Gasteiger partial charge in [-0.3, -0.25) is 10.00 Å². The number of rotatable bonds is 6. The van der Waals surface area contributed by atoms with Crippen molar-refractivity contribution >= 4 is 0 Å². The fraction of sp³-hybridized carbons (Fsp3) is 0.526. The van der Waals surface area contributed by atoms with E-state index in [1.165, 1.54) is 11.3 Å². The van der Waals surface area contributed by atoms with Crippen molar-refractivity contribution in [3.8, 4) is 22.8 Å². The molecular formula is C19H27N3O2. The summed E-state index contributed by atoms with van der Waals surface area (Å²) in [5.74, 6) is 1.57. The summed E-state index contributed by atoms with van der Waals surface area (Å²) in [4.78, 5) is 2.45. The molecule has 1 aromatic heterocycles. The number of fused-ring (bicyclic) bond motifs is 1. The Morgan fingerprint density at radius 2 is 2.08 bits per heavy atom. The van der Waals surface area contributed by atoms with Gasteiger partial charge in [0.1, 0.15) is 0 Å². The van der Waals surface area contributed by atoms with E-state index in [1.807, 2.05) is 32.9 Å². The fourth-order valence-corrected chi connectivity index (χ4v) is 3.13.